The minimum Gasteiger partial charge on any atom is -0.257 e. The summed E-state index contributed by atoms with van der Waals surface area (Å²) in [7, 11) is 0. The maximum absolute atomic E-state index is 6.33. The van der Waals surface area contributed by atoms with Crippen LogP contribution in [0.5, 0.6) is 0 Å². The van der Waals surface area contributed by atoms with Gasteiger partial charge >= 0.3 is 0 Å². The van der Waals surface area contributed by atoms with Gasteiger partial charge in [-0.05, 0) is 42.4 Å². The number of hydrogen-bond donors (Lipinski definition) is 0. The summed E-state index contributed by atoms with van der Waals surface area (Å²) in [4.78, 5) is 4.77. The van der Waals surface area contributed by atoms with E-state index in [1.54, 1.807) is 0 Å². The molecule has 1 aromatic carbocycles. The van der Waals surface area contributed by atoms with Crippen LogP contribution in [0.3, 0.4) is 0 Å². The molecule has 0 saturated carbocycles. The summed E-state index contributed by atoms with van der Waals surface area (Å²) in [6.07, 6.45) is 3.46. The fourth-order valence-electron chi connectivity index (χ4n) is 2.54. The zero-order valence-corrected chi connectivity index (χ0v) is 11.6. The standard InChI is InChI=1S/C15H20ClN/c1-4-6-11-9-14(10(2)3)17-13-8-5-7-12(16)15(11)13/h5,7-8,10-11H,4,6,9H2,1-3H3. The molecule has 1 nitrogen and oxygen atoms in total. The lowest BCUT2D eigenvalue weighted by Gasteiger charge is -2.27. The predicted octanol–water partition coefficient (Wildman–Crippen LogP) is 5.36. The molecular formula is C15H20ClN. The molecule has 1 aliphatic heterocycles. The Hall–Kier alpha value is -0.820. The molecule has 0 aromatic heterocycles. The van der Waals surface area contributed by atoms with Gasteiger partial charge in [-0.2, -0.15) is 0 Å². The van der Waals surface area contributed by atoms with Gasteiger partial charge in [-0.15, -0.1) is 0 Å². The first kappa shape index (κ1) is 12.6. The third kappa shape index (κ3) is 2.55. The first-order valence-corrected chi connectivity index (χ1v) is 6.87. The number of halogens is 1. The molecule has 1 atom stereocenters. The number of rotatable bonds is 3. The Kier molecular flexibility index (Phi) is 3.88. The first-order valence-electron chi connectivity index (χ1n) is 6.49. The number of nitrogens with zero attached hydrogens (tertiary/aromatic N) is 1. The van der Waals surface area contributed by atoms with E-state index in [1.807, 2.05) is 12.1 Å². The van der Waals surface area contributed by atoms with E-state index in [2.05, 4.69) is 26.8 Å². The van der Waals surface area contributed by atoms with Crippen molar-refractivity contribution in [3.63, 3.8) is 0 Å². The quantitative estimate of drug-likeness (QED) is 0.684. The van der Waals surface area contributed by atoms with Crippen molar-refractivity contribution in [3.05, 3.63) is 28.8 Å². The molecule has 0 N–H and O–H groups in total. The highest BCUT2D eigenvalue weighted by atomic mass is 35.5. The van der Waals surface area contributed by atoms with Gasteiger partial charge in [0.25, 0.3) is 0 Å². The number of aliphatic imine (C=N–C) groups is 1. The summed E-state index contributed by atoms with van der Waals surface area (Å²) in [6.45, 7) is 6.67. The summed E-state index contributed by atoms with van der Waals surface area (Å²) in [5.74, 6) is 1.08. The Morgan fingerprint density at radius 2 is 2.18 bits per heavy atom. The van der Waals surface area contributed by atoms with Crippen LogP contribution >= 0.6 is 11.6 Å². The van der Waals surface area contributed by atoms with Gasteiger partial charge in [-0.3, -0.25) is 4.99 Å². The minimum absolute atomic E-state index is 0.529. The molecule has 1 heterocycles. The van der Waals surface area contributed by atoms with Crippen molar-refractivity contribution < 1.29 is 0 Å². The second-order valence-corrected chi connectivity index (χ2v) is 5.53. The van der Waals surface area contributed by atoms with E-state index in [9.17, 15) is 0 Å². The Bertz CT molecular complexity index is 435. The van der Waals surface area contributed by atoms with Crippen molar-refractivity contribution in [2.24, 2.45) is 10.9 Å². The van der Waals surface area contributed by atoms with Crippen LogP contribution in [0.25, 0.3) is 0 Å². The molecule has 0 bridgehead atoms. The van der Waals surface area contributed by atoms with E-state index in [-0.39, 0.29) is 0 Å². The highest BCUT2D eigenvalue weighted by Gasteiger charge is 2.25. The van der Waals surface area contributed by atoms with E-state index >= 15 is 0 Å². The van der Waals surface area contributed by atoms with E-state index < -0.39 is 0 Å². The largest absolute Gasteiger partial charge is 0.257 e. The fraction of sp³-hybridized carbons (Fsp3) is 0.533. The number of fused-ring (bicyclic) bond motifs is 1. The molecule has 0 radical (unpaired) electrons. The van der Waals surface area contributed by atoms with Crippen LogP contribution in [0.1, 0.15) is 51.5 Å². The van der Waals surface area contributed by atoms with Crippen molar-refractivity contribution in [2.75, 3.05) is 0 Å². The monoisotopic (exact) mass is 249 g/mol. The SMILES string of the molecule is CCCC1CC(C(C)C)=Nc2cccc(Cl)c21. The Morgan fingerprint density at radius 3 is 2.82 bits per heavy atom. The molecule has 0 aliphatic carbocycles. The predicted molar refractivity (Wildman–Crippen MR) is 75.7 cm³/mol. The van der Waals surface area contributed by atoms with Gasteiger partial charge in [0.2, 0.25) is 0 Å². The van der Waals surface area contributed by atoms with Gasteiger partial charge in [0, 0.05) is 10.7 Å². The second kappa shape index (κ2) is 5.22. The number of benzene rings is 1. The second-order valence-electron chi connectivity index (χ2n) is 5.12. The zero-order valence-electron chi connectivity index (χ0n) is 10.8. The van der Waals surface area contributed by atoms with Crippen LogP contribution in [0.15, 0.2) is 23.2 Å². The average molecular weight is 250 g/mol. The molecule has 0 fully saturated rings. The topological polar surface area (TPSA) is 12.4 Å². The summed E-state index contributed by atoms with van der Waals surface area (Å²) in [6, 6.07) is 6.07. The minimum atomic E-state index is 0.529. The van der Waals surface area contributed by atoms with Gasteiger partial charge in [-0.25, -0.2) is 0 Å². The van der Waals surface area contributed by atoms with Crippen molar-refractivity contribution in [3.8, 4) is 0 Å². The molecule has 2 rings (SSSR count). The van der Waals surface area contributed by atoms with Gasteiger partial charge in [0.1, 0.15) is 0 Å². The van der Waals surface area contributed by atoms with E-state index in [0.29, 0.717) is 11.8 Å². The van der Waals surface area contributed by atoms with Crippen LogP contribution < -0.4 is 0 Å². The summed E-state index contributed by atoms with van der Waals surface area (Å²) < 4.78 is 0. The van der Waals surface area contributed by atoms with Crippen LogP contribution in [-0.2, 0) is 0 Å². The lowest BCUT2D eigenvalue weighted by molar-refractivity contribution is 0.614. The molecular weight excluding hydrogens is 230 g/mol. The third-order valence-corrected chi connectivity index (χ3v) is 3.79. The highest BCUT2D eigenvalue weighted by Crippen LogP contribution is 2.42. The van der Waals surface area contributed by atoms with Crippen molar-refractivity contribution >= 4 is 23.0 Å². The van der Waals surface area contributed by atoms with Gasteiger partial charge < -0.3 is 0 Å². The number of hydrogen-bond acceptors (Lipinski definition) is 1. The van der Waals surface area contributed by atoms with E-state index in [4.69, 9.17) is 16.6 Å². The van der Waals surface area contributed by atoms with Crippen LogP contribution in [0, 0.1) is 5.92 Å². The highest BCUT2D eigenvalue weighted by molar-refractivity contribution is 6.32. The Balaban J connectivity index is 2.46. The van der Waals surface area contributed by atoms with Gasteiger partial charge in [0.05, 0.1) is 5.69 Å². The van der Waals surface area contributed by atoms with Crippen LogP contribution in [-0.4, -0.2) is 5.71 Å². The first-order chi connectivity index (χ1) is 8.13. The van der Waals surface area contributed by atoms with E-state index in [0.717, 1.165) is 17.1 Å². The molecule has 0 spiro atoms. The summed E-state index contributed by atoms with van der Waals surface area (Å²) >= 11 is 6.33. The fourth-order valence-corrected chi connectivity index (χ4v) is 2.87. The third-order valence-electron chi connectivity index (χ3n) is 3.46. The Morgan fingerprint density at radius 1 is 1.41 bits per heavy atom. The van der Waals surface area contributed by atoms with Crippen LogP contribution in [0.2, 0.25) is 5.02 Å². The van der Waals surface area contributed by atoms with Gasteiger partial charge in [0.15, 0.2) is 0 Å². The van der Waals surface area contributed by atoms with Gasteiger partial charge in [-0.1, -0.05) is 44.9 Å². The average Bonchev–Trinajstić information content (AvgIpc) is 2.29. The van der Waals surface area contributed by atoms with Crippen molar-refractivity contribution in [1.29, 1.82) is 0 Å². The van der Waals surface area contributed by atoms with Crippen molar-refractivity contribution in [1.82, 2.24) is 0 Å². The van der Waals surface area contributed by atoms with E-state index in [1.165, 1.54) is 24.1 Å². The molecule has 0 amide bonds. The maximum Gasteiger partial charge on any atom is 0.0678 e. The van der Waals surface area contributed by atoms with Crippen molar-refractivity contribution in [2.45, 2.75) is 46.0 Å². The normalized spacial score (nSPS) is 19.1. The molecule has 17 heavy (non-hydrogen) atoms. The maximum atomic E-state index is 6.33. The zero-order chi connectivity index (χ0) is 12.4. The Labute approximate surface area is 109 Å². The summed E-state index contributed by atoms with van der Waals surface area (Å²) in [5, 5.41) is 0.882. The summed E-state index contributed by atoms with van der Waals surface area (Å²) in [5.41, 5.74) is 3.67. The molecule has 1 aromatic rings. The lowest BCUT2D eigenvalue weighted by Crippen LogP contribution is -2.17. The molecule has 92 valence electrons. The lowest BCUT2D eigenvalue weighted by atomic mass is 9.83. The molecule has 1 aliphatic rings. The smallest absolute Gasteiger partial charge is 0.0678 e. The van der Waals surface area contributed by atoms with Crippen LogP contribution in [0.4, 0.5) is 5.69 Å². The molecule has 0 saturated heterocycles. The molecule has 1 unspecified atom stereocenters. The molecule has 2 heteroatoms.